The molecule has 0 aromatic rings. The molecule has 0 fully saturated rings. The largest absolute Gasteiger partial charge is 0.692 e. The van der Waals surface area contributed by atoms with E-state index >= 15 is 0 Å². The van der Waals surface area contributed by atoms with Crippen LogP contribution in [0.4, 0.5) is 0 Å². The molecule has 0 rings (SSSR count). The van der Waals surface area contributed by atoms with Crippen LogP contribution in [0.1, 0.15) is 33.6 Å². The standard InChI is InChI=1S/C7H14O.HO3P/c1-4-7(5-2)6(3)8;1-4(2)3/h7H,4-5H2,1-3H3;(H-,1,2,3)/p+1. The van der Waals surface area contributed by atoms with E-state index in [2.05, 4.69) is 13.8 Å². The lowest BCUT2D eigenvalue weighted by molar-refractivity contribution is -0.120. The first-order chi connectivity index (χ1) is 5.45. The minimum Gasteiger partial charge on any atom is -0.300 e. The molecule has 0 amide bonds. The van der Waals surface area contributed by atoms with Crippen molar-refractivity contribution in [2.45, 2.75) is 33.6 Å². The molecule has 0 aromatic heterocycles. The molecule has 0 atom stereocenters. The first-order valence-corrected chi connectivity index (χ1v) is 4.97. The maximum Gasteiger partial charge on any atom is 0.692 e. The molecule has 0 aliphatic rings. The fourth-order valence-electron chi connectivity index (χ4n) is 0.864. The number of carbonyl (C=O) groups is 1. The first kappa shape index (κ1) is 14.2. The van der Waals surface area contributed by atoms with E-state index < -0.39 is 8.25 Å². The fourth-order valence-corrected chi connectivity index (χ4v) is 0.864. The molecule has 0 aliphatic heterocycles. The zero-order chi connectivity index (χ0) is 10.1. The van der Waals surface area contributed by atoms with Gasteiger partial charge in [0.1, 0.15) is 5.78 Å². The second-order valence-electron chi connectivity index (χ2n) is 2.38. The molecule has 0 spiro atoms. The Morgan fingerprint density at radius 3 is 1.58 bits per heavy atom. The summed E-state index contributed by atoms with van der Waals surface area (Å²) in [5.41, 5.74) is 0. The lowest BCUT2D eigenvalue weighted by atomic mass is 10.00. The minimum absolute atomic E-state index is 0.315. The smallest absolute Gasteiger partial charge is 0.300 e. The normalized spacial score (nSPS) is 8.83. The number of rotatable bonds is 3. The quantitative estimate of drug-likeness (QED) is 0.671. The van der Waals surface area contributed by atoms with E-state index in [4.69, 9.17) is 14.4 Å². The van der Waals surface area contributed by atoms with Crippen molar-refractivity contribution in [3.8, 4) is 0 Å². The molecule has 72 valence electrons. The molecule has 12 heavy (non-hydrogen) atoms. The number of hydrogen-bond acceptors (Lipinski definition) is 2. The predicted molar refractivity (Wildman–Crippen MR) is 46.8 cm³/mol. The maximum atomic E-state index is 10.6. The van der Waals surface area contributed by atoms with Gasteiger partial charge in [-0.3, -0.25) is 4.79 Å². The van der Waals surface area contributed by atoms with E-state index in [1.807, 2.05) is 0 Å². The van der Waals surface area contributed by atoms with Gasteiger partial charge in [0.15, 0.2) is 0 Å². The van der Waals surface area contributed by atoms with Crippen molar-refractivity contribution in [2.75, 3.05) is 0 Å². The average molecular weight is 195 g/mol. The van der Waals surface area contributed by atoms with Crippen molar-refractivity contribution in [2.24, 2.45) is 5.92 Å². The van der Waals surface area contributed by atoms with Crippen LogP contribution in [0, 0.1) is 5.92 Å². The van der Waals surface area contributed by atoms with Crippen molar-refractivity contribution in [1.29, 1.82) is 0 Å². The predicted octanol–water partition coefficient (Wildman–Crippen LogP) is 1.64. The van der Waals surface area contributed by atoms with Gasteiger partial charge < -0.3 is 0 Å². The Morgan fingerprint density at radius 1 is 1.33 bits per heavy atom. The van der Waals surface area contributed by atoms with E-state index in [0.717, 1.165) is 12.8 Å². The van der Waals surface area contributed by atoms with E-state index in [0.29, 0.717) is 11.7 Å². The van der Waals surface area contributed by atoms with Crippen LogP contribution >= 0.6 is 8.25 Å². The Balaban J connectivity index is 0. The Hall–Kier alpha value is -0.310. The van der Waals surface area contributed by atoms with Crippen LogP contribution in [-0.4, -0.2) is 15.6 Å². The van der Waals surface area contributed by atoms with Gasteiger partial charge in [0.05, 0.1) is 0 Å². The molecular formula is C7H16O4P+. The van der Waals surface area contributed by atoms with Gasteiger partial charge >= 0.3 is 8.25 Å². The van der Waals surface area contributed by atoms with Crippen LogP contribution in [-0.2, 0) is 9.36 Å². The third-order valence-electron chi connectivity index (χ3n) is 1.56. The molecule has 0 saturated carbocycles. The second-order valence-corrected chi connectivity index (χ2v) is 2.88. The summed E-state index contributed by atoms with van der Waals surface area (Å²) in [6, 6.07) is 0. The summed E-state index contributed by atoms with van der Waals surface area (Å²) in [5, 5.41) is 0. The van der Waals surface area contributed by atoms with Crippen molar-refractivity contribution in [3.05, 3.63) is 0 Å². The minimum atomic E-state index is -2.87. The Bertz CT molecular complexity index is 138. The summed E-state index contributed by atoms with van der Waals surface area (Å²) in [4.78, 5) is 24.8. The van der Waals surface area contributed by atoms with Gasteiger partial charge in [0.2, 0.25) is 0 Å². The Labute approximate surface area is 73.6 Å². The van der Waals surface area contributed by atoms with E-state index in [1.54, 1.807) is 6.92 Å². The zero-order valence-electron chi connectivity index (χ0n) is 7.65. The van der Waals surface area contributed by atoms with Crippen LogP contribution in [0.25, 0.3) is 0 Å². The van der Waals surface area contributed by atoms with Crippen LogP contribution in [0.2, 0.25) is 0 Å². The van der Waals surface area contributed by atoms with E-state index in [9.17, 15) is 4.79 Å². The van der Waals surface area contributed by atoms with E-state index in [1.165, 1.54) is 0 Å². The van der Waals surface area contributed by atoms with Crippen LogP contribution in [0.5, 0.6) is 0 Å². The summed E-state index contributed by atoms with van der Waals surface area (Å²) >= 11 is 0. The Morgan fingerprint density at radius 2 is 1.58 bits per heavy atom. The molecule has 0 radical (unpaired) electrons. The average Bonchev–Trinajstić information content (AvgIpc) is 1.87. The molecule has 0 heterocycles. The number of carbonyl (C=O) groups excluding carboxylic acids is 1. The monoisotopic (exact) mass is 195 g/mol. The summed E-state index contributed by atoms with van der Waals surface area (Å²) in [5.74, 6) is 0.644. The van der Waals surface area contributed by atoms with Gasteiger partial charge in [-0.15, -0.1) is 9.79 Å². The van der Waals surface area contributed by atoms with Crippen LogP contribution in [0.15, 0.2) is 0 Å². The number of hydrogen-bond donors (Lipinski definition) is 2. The molecule has 4 nitrogen and oxygen atoms in total. The van der Waals surface area contributed by atoms with Crippen molar-refractivity contribution >= 4 is 14.0 Å². The first-order valence-electron chi connectivity index (χ1n) is 3.81. The second kappa shape index (κ2) is 8.78. The molecule has 5 heteroatoms. The molecule has 0 aliphatic carbocycles. The summed E-state index contributed by atoms with van der Waals surface area (Å²) < 4.78 is 8.70. The van der Waals surface area contributed by atoms with Crippen molar-refractivity contribution in [3.63, 3.8) is 0 Å². The SMILES string of the molecule is CCC(CC)C(C)=O.O=[P+](O)O. The Kier molecular flexibility index (Phi) is 10.4. The lowest BCUT2D eigenvalue weighted by Crippen LogP contribution is -2.07. The van der Waals surface area contributed by atoms with Gasteiger partial charge in [0, 0.05) is 10.5 Å². The van der Waals surface area contributed by atoms with Crippen molar-refractivity contribution in [1.82, 2.24) is 0 Å². The lowest BCUT2D eigenvalue weighted by Gasteiger charge is -2.04. The molecule has 0 bridgehead atoms. The van der Waals surface area contributed by atoms with Gasteiger partial charge in [0.25, 0.3) is 0 Å². The summed E-state index contributed by atoms with van der Waals surface area (Å²) in [7, 11) is -2.87. The number of ketones is 1. The maximum absolute atomic E-state index is 10.6. The third-order valence-corrected chi connectivity index (χ3v) is 1.56. The van der Waals surface area contributed by atoms with Gasteiger partial charge in [-0.05, 0) is 19.8 Å². The zero-order valence-corrected chi connectivity index (χ0v) is 8.54. The highest BCUT2D eigenvalue weighted by molar-refractivity contribution is 7.30. The summed E-state index contributed by atoms with van der Waals surface area (Å²) in [6.45, 7) is 5.77. The topological polar surface area (TPSA) is 74.6 Å². The van der Waals surface area contributed by atoms with E-state index in [-0.39, 0.29) is 0 Å². The highest BCUT2D eigenvalue weighted by Gasteiger charge is 2.06. The molecular weight excluding hydrogens is 179 g/mol. The van der Waals surface area contributed by atoms with Crippen molar-refractivity contribution < 1.29 is 19.1 Å². The highest BCUT2D eigenvalue weighted by atomic mass is 31.1. The van der Waals surface area contributed by atoms with Gasteiger partial charge in [-0.1, -0.05) is 13.8 Å². The molecule has 0 saturated heterocycles. The third kappa shape index (κ3) is 12.4. The molecule has 0 aromatic carbocycles. The number of Topliss-reactive ketones (excluding diaryl/α,β-unsaturated/α-hetero) is 1. The van der Waals surface area contributed by atoms with Crippen LogP contribution < -0.4 is 0 Å². The fraction of sp³-hybridized carbons (Fsp3) is 0.857. The molecule has 2 N–H and O–H groups in total. The van der Waals surface area contributed by atoms with Gasteiger partial charge in [-0.25, -0.2) is 0 Å². The van der Waals surface area contributed by atoms with Gasteiger partial charge in [-0.2, -0.15) is 0 Å². The van der Waals surface area contributed by atoms with Crippen LogP contribution in [0.3, 0.4) is 0 Å². The highest BCUT2D eigenvalue weighted by Crippen LogP contribution is 2.07. The molecule has 0 unspecified atom stereocenters. The summed E-state index contributed by atoms with van der Waals surface area (Å²) in [6.07, 6.45) is 1.98.